The number of aromatic nitrogens is 3. The van der Waals surface area contributed by atoms with Gasteiger partial charge in [0.1, 0.15) is 17.3 Å². The van der Waals surface area contributed by atoms with Gasteiger partial charge in [0.2, 0.25) is 0 Å². The Labute approximate surface area is 153 Å². The number of nitrogens with zero attached hydrogens (tertiary/aromatic N) is 3. The average Bonchev–Trinajstić information content (AvgIpc) is 3.20. The summed E-state index contributed by atoms with van der Waals surface area (Å²) in [6, 6.07) is 11.7. The summed E-state index contributed by atoms with van der Waals surface area (Å²) in [6.07, 6.45) is -1.16. The Morgan fingerprint density at radius 1 is 1.11 bits per heavy atom. The van der Waals surface area contributed by atoms with Crippen LogP contribution < -0.4 is 10.2 Å². The number of hydrogen-bond acceptors (Lipinski definition) is 4. The standard InChI is InChI=1S/C19H16F3N5/c1-23-16-13-7-8-15(19(20,21)22)26-18(13)27(12-5-3-2-4-6-12)11-14(16)17-24-9-10-25-17/h2-10,23H,11H2,1H3,(H,24,25). The lowest BCUT2D eigenvalue weighted by atomic mass is 9.99. The molecule has 1 aliphatic rings. The second kappa shape index (κ2) is 6.46. The van der Waals surface area contributed by atoms with Gasteiger partial charge in [0.05, 0.1) is 12.2 Å². The number of nitrogens with one attached hydrogen (secondary N) is 2. The summed E-state index contributed by atoms with van der Waals surface area (Å²) in [4.78, 5) is 13.1. The summed E-state index contributed by atoms with van der Waals surface area (Å²) in [5.41, 5.74) is 1.98. The lowest BCUT2D eigenvalue weighted by Gasteiger charge is -2.33. The Bertz CT molecular complexity index is 978. The fourth-order valence-electron chi connectivity index (χ4n) is 3.21. The summed E-state index contributed by atoms with van der Waals surface area (Å²) in [5, 5.41) is 3.10. The highest BCUT2D eigenvalue weighted by Gasteiger charge is 2.36. The van der Waals surface area contributed by atoms with Crippen LogP contribution in [0.2, 0.25) is 0 Å². The fraction of sp³-hybridized carbons (Fsp3) is 0.158. The first kappa shape index (κ1) is 17.1. The number of alkyl halides is 3. The van der Waals surface area contributed by atoms with Gasteiger partial charge in [0.15, 0.2) is 0 Å². The van der Waals surface area contributed by atoms with Crippen molar-refractivity contribution in [2.24, 2.45) is 0 Å². The van der Waals surface area contributed by atoms with Crippen LogP contribution in [0.4, 0.5) is 24.7 Å². The minimum absolute atomic E-state index is 0.260. The molecule has 0 bridgehead atoms. The number of hydrogen-bond donors (Lipinski definition) is 2. The Morgan fingerprint density at radius 3 is 2.52 bits per heavy atom. The molecule has 1 aromatic carbocycles. The maximum Gasteiger partial charge on any atom is 0.433 e. The summed E-state index contributed by atoms with van der Waals surface area (Å²) in [7, 11) is 1.73. The maximum absolute atomic E-state index is 13.2. The molecule has 0 atom stereocenters. The molecule has 0 fully saturated rings. The number of aromatic amines is 1. The van der Waals surface area contributed by atoms with Crippen molar-refractivity contribution in [1.82, 2.24) is 20.3 Å². The van der Waals surface area contributed by atoms with E-state index in [2.05, 4.69) is 20.3 Å². The highest BCUT2D eigenvalue weighted by atomic mass is 19.4. The predicted molar refractivity (Wildman–Crippen MR) is 97.1 cm³/mol. The Balaban J connectivity index is 1.95. The highest BCUT2D eigenvalue weighted by Crippen LogP contribution is 2.41. The number of H-pyrrole nitrogens is 1. The van der Waals surface area contributed by atoms with Gasteiger partial charge in [-0.15, -0.1) is 0 Å². The molecular weight excluding hydrogens is 355 g/mol. The van der Waals surface area contributed by atoms with E-state index < -0.39 is 11.9 Å². The molecule has 3 aromatic rings. The molecule has 0 spiro atoms. The number of fused-ring (bicyclic) bond motifs is 1. The SMILES string of the molecule is CNC1=C(c2ncc[nH]2)CN(c2ccccc2)c2nc(C(F)(F)F)ccc21. The first-order valence-corrected chi connectivity index (χ1v) is 8.31. The van der Waals surface area contributed by atoms with Crippen LogP contribution in [0.1, 0.15) is 17.1 Å². The van der Waals surface area contributed by atoms with Crippen LogP contribution in [-0.4, -0.2) is 28.5 Å². The minimum Gasteiger partial charge on any atom is -0.387 e. The van der Waals surface area contributed by atoms with Crippen molar-refractivity contribution in [2.75, 3.05) is 18.5 Å². The maximum atomic E-state index is 13.2. The topological polar surface area (TPSA) is 56.8 Å². The van der Waals surface area contributed by atoms with Crippen molar-refractivity contribution < 1.29 is 13.2 Å². The molecule has 0 radical (unpaired) electrons. The third-order valence-corrected chi connectivity index (χ3v) is 4.41. The summed E-state index contributed by atoms with van der Waals surface area (Å²) >= 11 is 0. The molecule has 4 rings (SSSR count). The van der Waals surface area contributed by atoms with Gasteiger partial charge >= 0.3 is 6.18 Å². The number of rotatable bonds is 3. The molecule has 0 saturated heterocycles. The zero-order valence-corrected chi connectivity index (χ0v) is 14.4. The number of anilines is 2. The van der Waals surface area contributed by atoms with Crippen molar-refractivity contribution in [3.8, 4) is 0 Å². The van der Waals surface area contributed by atoms with E-state index in [0.29, 0.717) is 23.6 Å². The first-order chi connectivity index (χ1) is 13.0. The van der Waals surface area contributed by atoms with Gasteiger partial charge in [-0.05, 0) is 24.3 Å². The normalized spacial score (nSPS) is 14.3. The van der Waals surface area contributed by atoms with Gasteiger partial charge in [-0.3, -0.25) is 0 Å². The first-order valence-electron chi connectivity index (χ1n) is 8.31. The van der Waals surface area contributed by atoms with E-state index in [1.807, 2.05) is 30.3 Å². The van der Waals surface area contributed by atoms with Crippen LogP contribution in [0.3, 0.4) is 0 Å². The lowest BCUT2D eigenvalue weighted by Crippen LogP contribution is -2.30. The number of imidazole rings is 1. The minimum atomic E-state index is -4.51. The molecule has 2 N–H and O–H groups in total. The molecule has 1 aliphatic heterocycles. The van der Waals surface area contributed by atoms with E-state index in [1.165, 1.54) is 6.07 Å². The highest BCUT2D eigenvalue weighted by molar-refractivity contribution is 5.97. The largest absolute Gasteiger partial charge is 0.433 e. The number of benzene rings is 1. The molecular formula is C19H16F3N5. The molecule has 0 amide bonds. The van der Waals surface area contributed by atoms with Crippen LogP contribution in [-0.2, 0) is 6.18 Å². The molecule has 8 heteroatoms. The van der Waals surface area contributed by atoms with E-state index in [4.69, 9.17) is 0 Å². The summed E-state index contributed by atoms with van der Waals surface area (Å²) in [6.45, 7) is 0.328. The zero-order valence-electron chi connectivity index (χ0n) is 14.4. The molecule has 27 heavy (non-hydrogen) atoms. The van der Waals surface area contributed by atoms with Crippen LogP contribution in [0.5, 0.6) is 0 Å². The Kier molecular flexibility index (Phi) is 4.10. The fourth-order valence-corrected chi connectivity index (χ4v) is 3.21. The van der Waals surface area contributed by atoms with Crippen molar-refractivity contribution in [3.05, 3.63) is 71.9 Å². The zero-order chi connectivity index (χ0) is 19.0. The van der Waals surface area contributed by atoms with Gasteiger partial charge in [-0.25, -0.2) is 9.97 Å². The van der Waals surface area contributed by atoms with Gasteiger partial charge < -0.3 is 15.2 Å². The Hall–Kier alpha value is -3.29. The third kappa shape index (κ3) is 3.03. The summed E-state index contributed by atoms with van der Waals surface area (Å²) < 4.78 is 39.7. The van der Waals surface area contributed by atoms with E-state index in [-0.39, 0.29) is 5.82 Å². The van der Waals surface area contributed by atoms with E-state index in [1.54, 1.807) is 24.3 Å². The predicted octanol–water partition coefficient (Wildman–Crippen LogP) is 4.06. The number of pyridine rings is 1. The van der Waals surface area contributed by atoms with Gasteiger partial charge in [-0.1, -0.05) is 18.2 Å². The van der Waals surface area contributed by atoms with Gasteiger partial charge in [0.25, 0.3) is 0 Å². The molecule has 5 nitrogen and oxygen atoms in total. The number of para-hydroxylation sites is 1. The molecule has 0 aliphatic carbocycles. The van der Waals surface area contributed by atoms with Crippen molar-refractivity contribution in [3.63, 3.8) is 0 Å². The van der Waals surface area contributed by atoms with E-state index >= 15 is 0 Å². The van der Waals surface area contributed by atoms with Crippen LogP contribution >= 0.6 is 0 Å². The van der Waals surface area contributed by atoms with Gasteiger partial charge in [-0.2, -0.15) is 13.2 Å². The third-order valence-electron chi connectivity index (χ3n) is 4.41. The van der Waals surface area contributed by atoms with Crippen LogP contribution in [0.15, 0.2) is 54.9 Å². The summed E-state index contributed by atoms with van der Waals surface area (Å²) in [5.74, 6) is 0.918. The van der Waals surface area contributed by atoms with Crippen molar-refractivity contribution in [1.29, 1.82) is 0 Å². The smallest absolute Gasteiger partial charge is 0.387 e. The average molecular weight is 371 g/mol. The van der Waals surface area contributed by atoms with E-state index in [0.717, 1.165) is 17.3 Å². The molecule has 0 unspecified atom stereocenters. The lowest BCUT2D eigenvalue weighted by molar-refractivity contribution is -0.141. The van der Waals surface area contributed by atoms with Crippen molar-refractivity contribution in [2.45, 2.75) is 6.18 Å². The molecule has 3 heterocycles. The molecule has 138 valence electrons. The second-order valence-corrected chi connectivity index (χ2v) is 6.03. The molecule has 2 aromatic heterocycles. The van der Waals surface area contributed by atoms with E-state index in [9.17, 15) is 13.2 Å². The Morgan fingerprint density at radius 2 is 1.89 bits per heavy atom. The van der Waals surface area contributed by atoms with Crippen LogP contribution in [0.25, 0.3) is 11.3 Å². The number of halogens is 3. The van der Waals surface area contributed by atoms with Crippen molar-refractivity contribution >= 4 is 22.8 Å². The van der Waals surface area contributed by atoms with Crippen LogP contribution in [0, 0.1) is 0 Å². The van der Waals surface area contributed by atoms with Gasteiger partial charge in [0, 0.05) is 36.3 Å². The molecule has 0 saturated carbocycles. The second-order valence-electron chi connectivity index (χ2n) is 6.03. The quantitative estimate of drug-likeness (QED) is 0.729. The monoisotopic (exact) mass is 371 g/mol.